The van der Waals surface area contributed by atoms with Gasteiger partial charge in [0.25, 0.3) is 12.2 Å². The summed E-state index contributed by atoms with van der Waals surface area (Å²) in [5, 5.41) is 3.09. The van der Waals surface area contributed by atoms with E-state index >= 15 is 0 Å². The highest BCUT2D eigenvalue weighted by atomic mass is 19.4. The zero-order valence-corrected chi connectivity index (χ0v) is 15.1. The van der Waals surface area contributed by atoms with Crippen molar-refractivity contribution in [3.63, 3.8) is 0 Å². The van der Waals surface area contributed by atoms with Crippen molar-refractivity contribution in [2.75, 3.05) is 20.3 Å². The zero-order valence-electron chi connectivity index (χ0n) is 15.1. The van der Waals surface area contributed by atoms with E-state index in [0.29, 0.717) is 30.6 Å². The second-order valence-electron chi connectivity index (χ2n) is 7.35. The second kappa shape index (κ2) is 7.00. The molecule has 0 spiro atoms. The number of nitrogens with zero attached hydrogens (tertiary/aromatic N) is 3. The lowest BCUT2D eigenvalue weighted by atomic mass is 9.90. The van der Waals surface area contributed by atoms with E-state index in [1.54, 1.807) is 0 Å². The minimum absolute atomic E-state index is 0.0182. The zero-order chi connectivity index (χ0) is 20.1. The third-order valence-electron chi connectivity index (χ3n) is 5.57. The van der Waals surface area contributed by atoms with E-state index in [0.717, 1.165) is 6.20 Å². The van der Waals surface area contributed by atoms with Crippen LogP contribution >= 0.6 is 0 Å². The van der Waals surface area contributed by atoms with E-state index in [9.17, 15) is 22.4 Å². The van der Waals surface area contributed by atoms with Crippen molar-refractivity contribution in [1.82, 2.24) is 19.8 Å². The van der Waals surface area contributed by atoms with Gasteiger partial charge in [-0.25, -0.2) is 9.37 Å². The van der Waals surface area contributed by atoms with Crippen molar-refractivity contribution in [2.24, 2.45) is 0 Å². The minimum atomic E-state index is -5.09. The summed E-state index contributed by atoms with van der Waals surface area (Å²) in [6.07, 6.45) is -4.84. The normalized spacial score (nSPS) is 27.0. The van der Waals surface area contributed by atoms with Crippen molar-refractivity contribution in [1.29, 1.82) is 0 Å². The predicted molar refractivity (Wildman–Crippen MR) is 92.6 cm³/mol. The van der Waals surface area contributed by atoms with Crippen molar-refractivity contribution in [3.8, 4) is 0 Å². The minimum Gasteiger partial charge on any atom is -0.378 e. The average molecular weight is 400 g/mol. The Balaban J connectivity index is 1.60. The van der Waals surface area contributed by atoms with E-state index < -0.39 is 18.4 Å². The van der Waals surface area contributed by atoms with Gasteiger partial charge < -0.3 is 10.1 Å². The van der Waals surface area contributed by atoms with E-state index in [-0.39, 0.29) is 34.7 Å². The van der Waals surface area contributed by atoms with Crippen LogP contribution in [-0.2, 0) is 4.74 Å². The molecule has 0 aliphatic carbocycles. The van der Waals surface area contributed by atoms with E-state index in [2.05, 4.69) is 15.2 Å². The van der Waals surface area contributed by atoms with Gasteiger partial charge in [-0.15, -0.1) is 0 Å². The Bertz CT molecular complexity index is 870. The Hall–Kier alpha value is -2.20. The Kier molecular flexibility index (Phi) is 4.78. The van der Waals surface area contributed by atoms with Crippen LogP contribution in [0.4, 0.5) is 17.6 Å². The van der Waals surface area contributed by atoms with Crippen LogP contribution in [0.1, 0.15) is 29.5 Å². The number of hydrogen-bond acceptors (Lipinski definition) is 4. The molecule has 2 bridgehead atoms. The first-order valence-electron chi connectivity index (χ1n) is 9.02. The molecule has 0 aromatic carbocycles. The molecule has 1 unspecified atom stereocenters. The van der Waals surface area contributed by atoms with Gasteiger partial charge in [-0.1, -0.05) is 0 Å². The number of carbonyl (C=O) groups is 1. The Morgan fingerprint density at radius 2 is 2.00 bits per heavy atom. The van der Waals surface area contributed by atoms with Crippen LogP contribution in [0.2, 0.25) is 0 Å². The highest BCUT2D eigenvalue weighted by Crippen LogP contribution is 2.35. The summed E-state index contributed by atoms with van der Waals surface area (Å²) < 4.78 is 58.5. The van der Waals surface area contributed by atoms with E-state index in [1.165, 1.54) is 18.3 Å². The maximum absolute atomic E-state index is 14.0. The standard InChI is InChI=1S/C18H20F4N4O2/c1-25-11-5-10(6-12(25)9-28-8-11)24-16(27)14-7-26(17(19)18(20,21)22)15-13(14)3-2-4-23-15/h2-4,7,10-12,17H,5-6,8-9H2,1H3,(H,24,27)/t10?,11-,12+,17-/m1/s1. The van der Waals surface area contributed by atoms with Crippen LogP contribution in [0.25, 0.3) is 11.0 Å². The van der Waals surface area contributed by atoms with Gasteiger partial charge in [-0.05, 0) is 32.0 Å². The maximum Gasteiger partial charge on any atom is 0.439 e. The fourth-order valence-electron chi connectivity index (χ4n) is 4.07. The smallest absolute Gasteiger partial charge is 0.378 e. The molecule has 4 atom stereocenters. The summed E-state index contributed by atoms with van der Waals surface area (Å²) in [5.74, 6) is -0.528. The first kappa shape index (κ1) is 19.1. The molecule has 2 aromatic rings. The van der Waals surface area contributed by atoms with Crippen molar-refractivity contribution >= 4 is 16.9 Å². The molecule has 152 valence electrons. The van der Waals surface area contributed by atoms with Gasteiger partial charge in [0.1, 0.15) is 5.65 Å². The van der Waals surface area contributed by atoms with Crippen LogP contribution in [-0.4, -0.2) is 64.9 Å². The summed E-state index contributed by atoms with van der Waals surface area (Å²) in [7, 11) is 2.02. The maximum atomic E-state index is 14.0. The summed E-state index contributed by atoms with van der Waals surface area (Å²) in [6.45, 7) is 1.16. The Morgan fingerprint density at radius 1 is 1.32 bits per heavy atom. The fraction of sp³-hybridized carbons (Fsp3) is 0.556. The molecule has 4 rings (SSSR count). The fourth-order valence-corrected chi connectivity index (χ4v) is 4.07. The number of rotatable bonds is 3. The number of hydrogen-bond donors (Lipinski definition) is 1. The van der Waals surface area contributed by atoms with Crippen molar-refractivity contribution in [3.05, 3.63) is 30.1 Å². The van der Waals surface area contributed by atoms with Gasteiger partial charge in [0.15, 0.2) is 0 Å². The number of alkyl halides is 4. The van der Waals surface area contributed by atoms with Crippen LogP contribution in [0.5, 0.6) is 0 Å². The largest absolute Gasteiger partial charge is 0.439 e. The first-order chi connectivity index (χ1) is 13.3. The first-order valence-corrected chi connectivity index (χ1v) is 9.02. The molecule has 2 aliphatic rings. The molecule has 10 heteroatoms. The summed E-state index contributed by atoms with van der Waals surface area (Å²) >= 11 is 0. The molecule has 6 nitrogen and oxygen atoms in total. The van der Waals surface area contributed by atoms with Crippen LogP contribution in [0, 0.1) is 0 Å². The molecule has 1 N–H and O–H groups in total. The highest BCUT2D eigenvalue weighted by molar-refractivity contribution is 6.06. The predicted octanol–water partition coefficient (Wildman–Crippen LogP) is 2.66. The number of nitrogens with one attached hydrogen (secondary N) is 1. The summed E-state index contributed by atoms with van der Waals surface area (Å²) in [4.78, 5) is 18.9. The number of aromatic nitrogens is 2. The lowest BCUT2D eigenvalue weighted by molar-refractivity contribution is -0.203. The third kappa shape index (κ3) is 3.35. The number of likely N-dealkylation sites (N-methyl/N-ethyl adjacent to an activating group) is 1. The number of halogens is 4. The quantitative estimate of drug-likeness (QED) is 0.805. The molecule has 28 heavy (non-hydrogen) atoms. The summed E-state index contributed by atoms with van der Waals surface area (Å²) in [5.41, 5.74) is -0.235. The number of pyridine rings is 1. The average Bonchev–Trinajstić information content (AvgIpc) is 3.01. The van der Waals surface area contributed by atoms with E-state index in [4.69, 9.17) is 4.74 Å². The van der Waals surface area contributed by atoms with Crippen molar-refractivity contribution < 1.29 is 27.1 Å². The summed E-state index contributed by atoms with van der Waals surface area (Å²) in [6, 6.07) is 3.21. The van der Waals surface area contributed by atoms with Crippen LogP contribution < -0.4 is 5.32 Å². The second-order valence-corrected chi connectivity index (χ2v) is 7.35. The molecular weight excluding hydrogens is 380 g/mol. The van der Waals surface area contributed by atoms with Gasteiger partial charge in [-0.3, -0.25) is 14.3 Å². The lowest BCUT2D eigenvalue weighted by Crippen LogP contribution is -2.59. The lowest BCUT2D eigenvalue weighted by Gasteiger charge is -2.46. The van der Waals surface area contributed by atoms with Crippen LogP contribution in [0.3, 0.4) is 0 Å². The number of morpholine rings is 1. The monoisotopic (exact) mass is 400 g/mol. The Labute approximate surface area is 158 Å². The molecule has 2 fully saturated rings. The molecule has 0 radical (unpaired) electrons. The molecule has 0 saturated carbocycles. The number of piperidine rings is 1. The number of ether oxygens (including phenoxy) is 1. The highest BCUT2D eigenvalue weighted by Gasteiger charge is 2.43. The topological polar surface area (TPSA) is 59.4 Å². The number of fused-ring (bicyclic) bond motifs is 3. The molecule has 1 amide bonds. The van der Waals surface area contributed by atoms with Gasteiger partial charge in [-0.2, -0.15) is 13.2 Å². The number of carbonyl (C=O) groups excluding carboxylic acids is 1. The van der Waals surface area contributed by atoms with Crippen molar-refractivity contribution in [2.45, 2.75) is 43.4 Å². The molecular formula is C18H20F4N4O2. The van der Waals surface area contributed by atoms with Gasteiger partial charge in [0.05, 0.1) is 18.8 Å². The van der Waals surface area contributed by atoms with Crippen LogP contribution in [0.15, 0.2) is 24.5 Å². The van der Waals surface area contributed by atoms with E-state index in [1.807, 2.05) is 7.05 Å². The SMILES string of the molecule is CN1[C@@H]2COC[C@H]1CC(NC(=O)c1cn([C@@H](F)C(F)(F)F)c3ncccc13)C2. The Morgan fingerprint density at radius 3 is 2.64 bits per heavy atom. The van der Waals surface area contributed by atoms with Gasteiger partial charge in [0.2, 0.25) is 0 Å². The third-order valence-corrected chi connectivity index (χ3v) is 5.57. The molecule has 2 aromatic heterocycles. The molecule has 2 saturated heterocycles. The van der Waals surface area contributed by atoms with Gasteiger partial charge >= 0.3 is 6.18 Å². The van der Waals surface area contributed by atoms with Gasteiger partial charge in [0, 0.05) is 35.9 Å². The molecule has 2 aliphatic heterocycles. The molecule has 4 heterocycles. The number of amides is 1.